The third-order valence-electron chi connectivity index (χ3n) is 2.33. The Morgan fingerprint density at radius 1 is 0.882 bits per heavy atom. The molecule has 17 heavy (non-hydrogen) atoms. The van der Waals surface area contributed by atoms with Crippen LogP contribution in [0.2, 0.25) is 5.02 Å². The molecule has 2 rings (SSSR count). The number of hydrogen-bond acceptors (Lipinski definition) is 1. The van der Waals surface area contributed by atoms with Crippen molar-refractivity contribution >= 4 is 17.3 Å². The number of hydrogen-bond donors (Lipinski definition) is 1. The number of nitrogens with two attached hydrogens (primary N) is 1. The van der Waals surface area contributed by atoms with E-state index in [4.69, 9.17) is 17.3 Å². The highest BCUT2D eigenvalue weighted by Crippen LogP contribution is 2.22. The molecular weight excluding hydrogens is 230 g/mol. The molecule has 0 fully saturated rings. The largest absolute Gasteiger partial charge is 0.399 e. The molecule has 2 aromatic rings. The van der Waals surface area contributed by atoms with Gasteiger partial charge in [-0.25, -0.2) is 0 Å². The average Bonchev–Trinajstić information content (AvgIpc) is 2.31. The Balaban J connectivity index is 0.000000181. The van der Waals surface area contributed by atoms with Gasteiger partial charge in [-0.05, 0) is 29.7 Å². The molecule has 0 bridgehead atoms. The molecule has 0 aliphatic heterocycles. The van der Waals surface area contributed by atoms with Crippen LogP contribution in [0.3, 0.4) is 0 Å². The SMILES string of the molecule is CC(C)c1ccccc1Cl.Nc1ccccc1. The third kappa shape index (κ3) is 4.92. The Morgan fingerprint density at radius 2 is 1.41 bits per heavy atom. The minimum absolute atomic E-state index is 0.522. The summed E-state index contributed by atoms with van der Waals surface area (Å²) in [7, 11) is 0. The van der Waals surface area contributed by atoms with Crippen molar-refractivity contribution in [1.29, 1.82) is 0 Å². The van der Waals surface area contributed by atoms with Crippen molar-refractivity contribution in [2.45, 2.75) is 19.8 Å². The monoisotopic (exact) mass is 247 g/mol. The molecule has 1 nitrogen and oxygen atoms in total. The lowest BCUT2D eigenvalue weighted by molar-refractivity contribution is 0.867. The molecule has 0 spiro atoms. The van der Waals surface area contributed by atoms with Gasteiger partial charge in [-0.1, -0.05) is 61.8 Å². The number of benzene rings is 2. The molecule has 0 radical (unpaired) electrons. The highest BCUT2D eigenvalue weighted by molar-refractivity contribution is 6.31. The molecule has 0 aliphatic rings. The first-order valence-electron chi connectivity index (χ1n) is 5.66. The summed E-state index contributed by atoms with van der Waals surface area (Å²) in [6.07, 6.45) is 0. The second kappa shape index (κ2) is 6.97. The van der Waals surface area contributed by atoms with E-state index in [9.17, 15) is 0 Å². The summed E-state index contributed by atoms with van der Waals surface area (Å²) < 4.78 is 0. The van der Waals surface area contributed by atoms with Crippen LogP contribution in [0.4, 0.5) is 5.69 Å². The first-order valence-corrected chi connectivity index (χ1v) is 6.04. The molecule has 0 saturated heterocycles. The molecule has 0 unspecified atom stereocenters. The fraction of sp³-hybridized carbons (Fsp3) is 0.200. The maximum absolute atomic E-state index is 5.92. The first kappa shape index (κ1) is 13.6. The van der Waals surface area contributed by atoms with E-state index >= 15 is 0 Å². The van der Waals surface area contributed by atoms with E-state index in [1.54, 1.807) is 0 Å². The standard InChI is InChI=1S/C9H11Cl.C6H7N/c1-7(2)8-5-3-4-6-9(8)10;7-6-4-2-1-3-5-6/h3-7H,1-2H3;1-5H,7H2. The normalized spacial score (nSPS) is 9.65. The van der Waals surface area contributed by atoms with Crippen LogP contribution in [0.1, 0.15) is 25.3 Å². The minimum Gasteiger partial charge on any atom is -0.399 e. The zero-order chi connectivity index (χ0) is 12.7. The van der Waals surface area contributed by atoms with Gasteiger partial charge < -0.3 is 5.73 Å². The van der Waals surface area contributed by atoms with E-state index in [2.05, 4.69) is 19.9 Å². The number of anilines is 1. The molecule has 0 heterocycles. The predicted octanol–water partition coefficient (Wildman–Crippen LogP) is 4.73. The van der Waals surface area contributed by atoms with Gasteiger partial charge in [0.1, 0.15) is 0 Å². The van der Waals surface area contributed by atoms with Gasteiger partial charge in [-0.3, -0.25) is 0 Å². The van der Waals surface area contributed by atoms with E-state index in [0.29, 0.717) is 5.92 Å². The Bertz CT molecular complexity index is 438. The van der Waals surface area contributed by atoms with Crippen molar-refractivity contribution in [3.63, 3.8) is 0 Å². The minimum atomic E-state index is 0.522. The van der Waals surface area contributed by atoms with Crippen LogP contribution in [-0.2, 0) is 0 Å². The van der Waals surface area contributed by atoms with Crippen LogP contribution in [0, 0.1) is 0 Å². The van der Waals surface area contributed by atoms with Crippen LogP contribution < -0.4 is 5.73 Å². The lowest BCUT2D eigenvalue weighted by Crippen LogP contribution is -1.86. The second-order valence-electron chi connectivity index (χ2n) is 4.09. The summed E-state index contributed by atoms with van der Waals surface area (Å²) in [5.41, 5.74) is 7.41. The predicted molar refractivity (Wildman–Crippen MR) is 76.4 cm³/mol. The second-order valence-corrected chi connectivity index (χ2v) is 4.49. The molecule has 0 aliphatic carbocycles. The summed E-state index contributed by atoms with van der Waals surface area (Å²) >= 11 is 5.92. The molecule has 0 saturated carbocycles. The summed E-state index contributed by atoms with van der Waals surface area (Å²) in [4.78, 5) is 0. The van der Waals surface area contributed by atoms with Crippen LogP contribution in [0.15, 0.2) is 54.6 Å². The summed E-state index contributed by atoms with van der Waals surface area (Å²) in [5, 5.41) is 0.873. The van der Waals surface area contributed by atoms with Crippen molar-refractivity contribution in [3.8, 4) is 0 Å². The van der Waals surface area contributed by atoms with E-state index < -0.39 is 0 Å². The molecule has 2 heteroatoms. The first-order chi connectivity index (χ1) is 8.11. The van der Waals surface area contributed by atoms with Crippen LogP contribution in [0.25, 0.3) is 0 Å². The summed E-state index contributed by atoms with van der Waals surface area (Å²) in [6, 6.07) is 17.4. The van der Waals surface area contributed by atoms with E-state index in [1.807, 2.05) is 48.5 Å². The van der Waals surface area contributed by atoms with Gasteiger partial charge in [-0.2, -0.15) is 0 Å². The number of para-hydroxylation sites is 1. The van der Waals surface area contributed by atoms with Gasteiger partial charge in [0.25, 0.3) is 0 Å². The molecule has 90 valence electrons. The quantitative estimate of drug-likeness (QED) is 0.725. The lowest BCUT2D eigenvalue weighted by Gasteiger charge is -2.05. The van der Waals surface area contributed by atoms with Gasteiger partial charge in [0.2, 0.25) is 0 Å². The fourth-order valence-corrected chi connectivity index (χ4v) is 1.75. The topological polar surface area (TPSA) is 26.0 Å². The Kier molecular flexibility index (Phi) is 5.58. The molecule has 0 aromatic heterocycles. The molecular formula is C15H18ClN. The number of nitrogen functional groups attached to an aromatic ring is 1. The zero-order valence-corrected chi connectivity index (χ0v) is 11.0. The van der Waals surface area contributed by atoms with Crippen LogP contribution in [0.5, 0.6) is 0 Å². The molecule has 0 amide bonds. The van der Waals surface area contributed by atoms with Gasteiger partial charge in [-0.15, -0.1) is 0 Å². The maximum Gasteiger partial charge on any atom is 0.0440 e. The van der Waals surface area contributed by atoms with E-state index in [0.717, 1.165) is 10.7 Å². The van der Waals surface area contributed by atoms with Crippen molar-refractivity contribution in [2.75, 3.05) is 5.73 Å². The van der Waals surface area contributed by atoms with E-state index in [-0.39, 0.29) is 0 Å². The van der Waals surface area contributed by atoms with Crippen molar-refractivity contribution in [2.24, 2.45) is 0 Å². The summed E-state index contributed by atoms with van der Waals surface area (Å²) in [6.45, 7) is 4.28. The highest BCUT2D eigenvalue weighted by atomic mass is 35.5. The summed E-state index contributed by atoms with van der Waals surface area (Å²) in [5.74, 6) is 0.522. The number of rotatable bonds is 1. The molecule has 0 atom stereocenters. The Hall–Kier alpha value is -1.47. The van der Waals surface area contributed by atoms with Crippen LogP contribution >= 0.6 is 11.6 Å². The Labute approximate surface area is 108 Å². The lowest BCUT2D eigenvalue weighted by atomic mass is 10.0. The molecule has 2 N–H and O–H groups in total. The molecule has 2 aromatic carbocycles. The average molecular weight is 248 g/mol. The van der Waals surface area contributed by atoms with Crippen molar-refractivity contribution < 1.29 is 0 Å². The van der Waals surface area contributed by atoms with Crippen molar-refractivity contribution in [1.82, 2.24) is 0 Å². The van der Waals surface area contributed by atoms with Crippen molar-refractivity contribution in [3.05, 3.63) is 65.2 Å². The maximum atomic E-state index is 5.92. The fourth-order valence-electron chi connectivity index (χ4n) is 1.40. The highest BCUT2D eigenvalue weighted by Gasteiger charge is 2.01. The van der Waals surface area contributed by atoms with E-state index in [1.165, 1.54) is 5.56 Å². The zero-order valence-electron chi connectivity index (χ0n) is 10.2. The smallest absolute Gasteiger partial charge is 0.0440 e. The van der Waals surface area contributed by atoms with Gasteiger partial charge in [0.05, 0.1) is 0 Å². The third-order valence-corrected chi connectivity index (χ3v) is 2.67. The van der Waals surface area contributed by atoms with Crippen LogP contribution in [-0.4, -0.2) is 0 Å². The van der Waals surface area contributed by atoms with Gasteiger partial charge >= 0.3 is 0 Å². The van der Waals surface area contributed by atoms with Gasteiger partial charge in [0, 0.05) is 10.7 Å². The number of halogens is 1. The van der Waals surface area contributed by atoms with Gasteiger partial charge in [0.15, 0.2) is 0 Å². The Morgan fingerprint density at radius 3 is 1.76 bits per heavy atom.